The molecule has 0 saturated carbocycles. The summed E-state index contributed by atoms with van der Waals surface area (Å²) in [5.41, 5.74) is 4.26. The van der Waals surface area contributed by atoms with E-state index in [1.165, 1.54) is 42.5 Å². The van der Waals surface area contributed by atoms with E-state index in [1.807, 2.05) is 0 Å². The fourth-order valence-corrected chi connectivity index (χ4v) is 3.36. The van der Waals surface area contributed by atoms with Crippen LogP contribution >= 0.6 is 0 Å². The molecule has 0 spiro atoms. The van der Waals surface area contributed by atoms with Crippen LogP contribution in [0.2, 0.25) is 0 Å². The second kappa shape index (κ2) is 6.87. The average Bonchev–Trinajstić information content (AvgIpc) is 2.91. The van der Waals surface area contributed by atoms with Crippen LogP contribution in [-0.4, -0.2) is 13.2 Å². The van der Waals surface area contributed by atoms with E-state index in [0.29, 0.717) is 6.04 Å². The van der Waals surface area contributed by atoms with Gasteiger partial charge in [0.1, 0.15) is 5.75 Å². The predicted octanol–water partition coefficient (Wildman–Crippen LogP) is 4.82. The molecule has 3 rings (SSSR count). The first-order valence-electron chi connectivity index (χ1n) is 8.29. The Morgan fingerprint density at radius 2 is 1.86 bits per heavy atom. The van der Waals surface area contributed by atoms with E-state index >= 15 is 0 Å². The maximum absolute atomic E-state index is 5.26. The third-order valence-electron chi connectivity index (χ3n) is 4.60. The van der Waals surface area contributed by atoms with Crippen molar-refractivity contribution in [3.05, 3.63) is 59.7 Å². The number of fused-ring (bicyclic) bond motifs is 1. The number of benzene rings is 2. The number of hydrogen-bond acceptors (Lipinski definition) is 2. The Kier molecular flexibility index (Phi) is 4.67. The molecule has 0 amide bonds. The predicted molar refractivity (Wildman–Crippen MR) is 92.6 cm³/mol. The van der Waals surface area contributed by atoms with Crippen LogP contribution in [0.5, 0.6) is 5.75 Å². The van der Waals surface area contributed by atoms with Crippen LogP contribution in [0.15, 0.2) is 48.5 Å². The third kappa shape index (κ3) is 3.11. The molecule has 0 aromatic heterocycles. The topological polar surface area (TPSA) is 12.5 Å². The van der Waals surface area contributed by atoms with Gasteiger partial charge in [-0.1, -0.05) is 50.1 Å². The number of methoxy groups -OCH3 is 1. The van der Waals surface area contributed by atoms with Gasteiger partial charge in [-0.25, -0.2) is 0 Å². The molecule has 0 saturated heterocycles. The number of unbranched alkanes of at least 4 members (excludes halogenated alkanes) is 1. The minimum Gasteiger partial charge on any atom is -0.497 e. The molecule has 2 aromatic rings. The van der Waals surface area contributed by atoms with Crippen LogP contribution < -0.4 is 9.64 Å². The van der Waals surface area contributed by atoms with E-state index in [2.05, 4.69) is 60.4 Å². The molecule has 1 aliphatic rings. The fraction of sp³-hybridized carbons (Fsp3) is 0.400. The molecule has 116 valence electrons. The average molecular weight is 295 g/mol. The van der Waals surface area contributed by atoms with Crippen LogP contribution in [0.4, 0.5) is 5.69 Å². The summed E-state index contributed by atoms with van der Waals surface area (Å²) in [4.78, 5) is 2.59. The second-order valence-electron chi connectivity index (χ2n) is 6.10. The van der Waals surface area contributed by atoms with Crippen LogP contribution in [0.1, 0.15) is 37.3 Å². The monoisotopic (exact) mass is 295 g/mol. The van der Waals surface area contributed by atoms with Crippen LogP contribution in [-0.2, 0) is 13.0 Å². The number of rotatable bonds is 6. The second-order valence-corrected chi connectivity index (χ2v) is 6.10. The molecule has 2 heteroatoms. The van der Waals surface area contributed by atoms with Crippen LogP contribution in [0.25, 0.3) is 0 Å². The van der Waals surface area contributed by atoms with E-state index in [9.17, 15) is 0 Å². The summed E-state index contributed by atoms with van der Waals surface area (Å²) in [5.74, 6) is 0.924. The summed E-state index contributed by atoms with van der Waals surface area (Å²) in [7, 11) is 1.71. The minimum atomic E-state index is 0.638. The number of para-hydroxylation sites is 1. The van der Waals surface area contributed by atoms with Gasteiger partial charge < -0.3 is 9.64 Å². The Balaban J connectivity index is 1.80. The molecule has 22 heavy (non-hydrogen) atoms. The van der Waals surface area contributed by atoms with Crippen LogP contribution in [0.3, 0.4) is 0 Å². The molecular weight excluding hydrogens is 270 g/mol. The van der Waals surface area contributed by atoms with Gasteiger partial charge in [0.05, 0.1) is 7.11 Å². The zero-order chi connectivity index (χ0) is 15.4. The van der Waals surface area contributed by atoms with Gasteiger partial charge in [-0.05, 0) is 42.2 Å². The lowest BCUT2D eigenvalue weighted by Gasteiger charge is -2.28. The first-order valence-corrected chi connectivity index (χ1v) is 8.29. The van der Waals surface area contributed by atoms with E-state index < -0.39 is 0 Å². The molecule has 1 unspecified atom stereocenters. The van der Waals surface area contributed by atoms with Crippen LogP contribution in [0, 0.1) is 0 Å². The Bertz CT molecular complexity index is 605. The zero-order valence-electron chi connectivity index (χ0n) is 13.6. The van der Waals surface area contributed by atoms with Gasteiger partial charge in [0.2, 0.25) is 0 Å². The summed E-state index contributed by atoms with van der Waals surface area (Å²) >= 11 is 0. The van der Waals surface area contributed by atoms with Gasteiger partial charge in [0.15, 0.2) is 0 Å². The van der Waals surface area contributed by atoms with Gasteiger partial charge in [0.25, 0.3) is 0 Å². The highest BCUT2D eigenvalue weighted by atomic mass is 16.5. The van der Waals surface area contributed by atoms with Crippen molar-refractivity contribution in [2.45, 2.75) is 45.2 Å². The molecular formula is C20H25NO. The van der Waals surface area contributed by atoms with E-state index in [4.69, 9.17) is 4.74 Å². The van der Waals surface area contributed by atoms with Gasteiger partial charge in [-0.2, -0.15) is 0 Å². The Morgan fingerprint density at radius 3 is 2.59 bits per heavy atom. The Morgan fingerprint density at radius 1 is 1.09 bits per heavy atom. The molecule has 2 aromatic carbocycles. The highest BCUT2D eigenvalue weighted by molar-refractivity contribution is 5.59. The number of ether oxygens (including phenoxy) is 1. The quantitative estimate of drug-likeness (QED) is 0.758. The molecule has 2 nitrogen and oxygen atoms in total. The summed E-state index contributed by atoms with van der Waals surface area (Å²) in [6.45, 7) is 3.26. The van der Waals surface area contributed by atoms with Gasteiger partial charge in [-0.15, -0.1) is 0 Å². The highest BCUT2D eigenvalue weighted by Gasteiger charge is 2.28. The first kappa shape index (κ1) is 15.0. The highest BCUT2D eigenvalue weighted by Crippen LogP contribution is 2.35. The molecule has 0 N–H and O–H groups in total. The zero-order valence-corrected chi connectivity index (χ0v) is 13.6. The van der Waals surface area contributed by atoms with Crippen molar-refractivity contribution in [2.75, 3.05) is 12.0 Å². The summed E-state index contributed by atoms with van der Waals surface area (Å²) in [6, 6.07) is 18.0. The van der Waals surface area contributed by atoms with Crippen molar-refractivity contribution in [2.24, 2.45) is 0 Å². The van der Waals surface area contributed by atoms with E-state index in [1.54, 1.807) is 7.11 Å². The lowest BCUT2D eigenvalue weighted by atomic mass is 10.0. The first-order chi connectivity index (χ1) is 10.8. The van der Waals surface area contributed by atoms with Gasteiger partial charge in [-0.3, -0.25) is 0 Å². The lowest BCUT2D eigenvalue weighted by Crippen LogP contribution is -2.31. The number of hydrogen-bond donors (Lipinski definition) is 0. The largest absolute Gasteiger partial charge is 0.497 e. The maximum atomic E-state index is 5.26. The smallest absolute Gasteiger partial charge is 0.118 e. The lowest BCUT2D eigenvalue weighted by molar-refractivity contribution is 0.414. The van der Waals surface area contributed by atoms with Crippen molar-refractivity contribution in [1.29, 1.82) is 0 Å². The van der Waals surface area contributed by atoms with Gasteiger partial charge >= 0.3 is 0 Å². The molecule has 0 bridgehead atoms. The standard InChI is InChI=1S/C20H25NO/c1-3-4-8-18-14-17-7-5-6-9-20(17)21(18)15-16-10-12-19(22-2)13-11-16/h5-7,9-13,18H,3-4,8,14-15H2,1-2H3. The summed E-state index contributed by atoms with van der Waals surface area (Å²) in [6.07, 6.45) is 5.04. The van der Waals surface area contributed by atoms with Crippen molar-refractivity contribution >= 4 is 5.69 Å². The van der Waals surface area contributed by atoms with Crippen molar-refractivity contribution in [3.63, 3.8) is 0 Å². The molecule has 1 aliphatic heterocycles. The molecule has 1 atom stereocenters. The number of nitrogens with zero attached hydrogens (tertiary/aromatic N) is 1. The molecule has 0 aliphatic carbocycles. The van der Waals surface area contributed by atoms with E-state index in [-0.39, 0.29) is 0 Å². The van der Waals surface area contributed by atoms with Crippen molar-refractivity contribution < 1.29 is 4.74 Å². The minimum absolute atomic E-state index is 0.638. The SMILES string of the molecule is CCCCC1Cc2ccccc2N1Cc1ccc(OC)cc1. The normalized spacial score (nSPS) is 16.6. The third-order valence-corrected chi connectivity index (χ3v) is 4.60. The van der Waals surface area contributed by atoms with Crippen molar-refractivity contribution in [3.8, 4) is 5.75 Å². The van der Waals surface area contributed by atoms with Gasteiger partial charge in [0, 0.05) is 18.3 Å². The fourth-order valence-electron chi connectivity index (χ4n) is 3.36. The summed E-state index contributed by atoms with van der Waals surface area (Å²) in [5, 5.41) is 0. The molecule has 0 fully saturated rings. The van der Waals surface area contributed by atoms with E-state index in [0.717, 1.165) is 12.3 Å². The Hall–Kier alpha value is -1.96. The molecule has 0 radical (unpaired) electrons. The maximum Gasteiger partial charge on any atom is 0.118 e. The van der Waals surface area contributed by atoms with Crippen molar-refractivity contribution in [1.82, 2.24) is 0 Å². The Labute approximate surface area is 133 Å². The molecule has 1 heterocycles. The number of anilines is 1. The summed E-state index contributed by atoms with van der Waals surface area (Å²) < 4.78 is 5.26.